The molecule has 29 heavy (non-hydrogen) atoms. The normalized spacial score (nSPS) is 13.7. The van der Waals surface area contributed by atoms with Crippen LogP contribution in [-0.4, -0.2) is 48.8 Å². The Hall–Kier alpha value is -2.71. The van der Waals surface area contributed by atoms with Crippen LogP contribution in [0.5, 0.6) is 0 Å². The molecule has 7 nitrogen and oxygen atoms in total. The molecule has 154 valence electrons. The number of nitrogens with zero attached hydrogens (tertiary/aromatic N) is 2. The molecule has 2 N–H and O–H groups in total. The highest BCUT2D eigenvalue weighted by Gasteiger charge is 2.24. The molecule has 1 aromatic heterocycles. The number of nitrogens with one attached hydrogen (secondary N) is 2. The van der Waals surface area contributed by atoms with Gasteiger partial charge < -0.3 is 15.5 Å². The van der Waals surface area contributed by atoms with Crippen LogP contribution in [-0.2, 0) is 20.9 Å². The van der Waals surface area contributed by atoms with E-state index in [1.807, 2.05) is 42.6 Å². The van der Waals surface area contributed by atoms with Gasteiger partial charge in [-0.1, -0.05) is 25.1 Å². The molecule has 0 radical (unpaired) electrons. The molecular weight excluding hydrogens is 388 g/mol. The largest absolute Gasteiger partial charge is 0.350 e. The molecule has 1 fully saturated rings. The Morgan fingerprint density at radius 1 is 1.14 bits per heavy atom. The summed E-state index contributed by atoms with van der Waals surface area (Å²) >= 11 is 1.59. The molecule has 0 unspecified atom stereocenters. The molecule has 3 amide bonds. The smallest absolute Gasteiger partial charge is 0.238 e. The summed E-state index contributed by atoms with van der Waals surface area (Å²) in [5.41, 5.74) is 1.34. The van der Waals surface area contributed by atoms with Gasteiger partial charge in [-0.3, -0.25) is 19.3 Å². The van der Waals surface area contributed by atoms with Crippen LogP contribution in [0.15, 0.2) is 41.8 Å². The van der Waals surface area contributed by atoms with Crippen LogP contribution in [0.2, 0.25) is 0 Å². The average molecular weight is 415 g/mol. The molecule has 0 atom stereocenters. The zero-order valence-electron chi connectivity index (χ0n) is 16.5. The summed E-state index contributed by atoms with van der Waals surface area (Å²) in [7, 11) is 0. The lowest BCUT2D eigenvalue weighted by Crippen LogP contribution is -2.41. The van der Waals surface area contributed by atoms with Gasteiger partial charge in [0.05, 0.1) is 31.0 Å². The number of thiophene rings is 1. The fourth-order valence-electron chi connectivity index (χ4n) is 3.25. The van der Waals surface area contributed by atoms with E-state index in [2.05, 4.69) is 10.6 Å². The SMILES string of the molecule is CCN(CC(=O)NCc1cccs1)CC(=O)Nc1ccccc1N1CCCC1=O. The number of likely N-dealkylation sites (N-methyl/N-ethyl adjacent to an activating group) is 1. The van der Waals surface area contributed by atoms with Crippen LogP contribution >= 0.6 is 11.3 Å². The third kappa shape index (κ3) is 5.88. The van der Waals surface area contributed by atoms with E-state index in [0.29, 0.717) is 31.7 Å². The lowest BCUT2D eigenvalue weighted by atomic mass is 10.2. The van der Waals surface area contributed by atoms with Crippen LogP contribution in [0.25, 0.3) is 0 Å². The molecule has 8 heteroatoms. The maximum absolute atomic E-state index is 12.6. The Kier molecular flexibility index (Phi) is 7.37. The molecule has 1 aromatic carbocycles. The summed E-state index contributed by atoms with van der Waals surface area (Å²) in [5.74, 6) is -0.252. The fraction of sp³-hybridized carbons (Fsp3) is 0.381. The minimum atomic E-state index is -0.211. The average Bonchev–Trinajstić information content (AvgIpc) is 3.38. The number of anilines is 2. The second kappa shape index (κ2) is 10.2. The molecule has 2 aromatic rings. The van der Waals surface area contributed by atoms with Crippen LogP contribution in [0.3, 0.4) is 0 Å². The summed E-state index contributed by atoms with van der Waals surface area (Å²) in [6.45, 7) is 3.91. The lowest BCUT2D eigenvalue weighted by Gasteiger charge is -2.22. The number of para-hydroxylation sites is 2. The zero-order valence-corrected chi connectivity index (χ0v) is 17.3. The van der Waals surface area contributed by atoms with E-state index in [1.54, 1.807) is 27.2 Å². The highest BCUT2D eigenvalue weighted by molar-refractivity contribution is 7.09. The maximum atomic E-state index is 12.6. The maximum Gasteiger partial charge on any atom is 0.238 e. The number of hydrogen-bond donors (Lipinski definition) is 2. The first-order chi connectivity index (χ1) is 14.1. The van der Waals surface area contributed by atoms with Crippen molar-refractivity contribution in [3.63, 3.8) is 0 Å². The number of carbonyl (C=O) groups excluding carboxylic acids is 3. The van der Waals surface area contributed by atoms with Crippen molar-refractivity contribution in [3.05, 3.63) is 46.7 Å². The van der Waals surface area contributed by atoms with E-state index in [4.69, 9.17) is 0 Å². The quantitative estimate of drug-likeness (QED) is 0.660. The highest BCUT2D eigenvalue weighted by Crippen LogP contribution is 2.29. The summed E-state index contributed by atoms with van der Waals surface area (Å²) in [4.78, 5) is 41.4. The van der Waals surface area contributed by atoms with Crippen molar-refractivity contribution in [3.8, 4) is 0 Å². The first-order valence-electron chi connectivity index (χ1n) is 9.77. The third-order valence-corrected chi connectivity index (χ3v) is 5.64. The van der Waals surface area contributed by atoms with Crippen molar-refractivity contribution >= 4 is 40.4 Å². The van der Waals surface area contributed by atoms with Gasteiger partial charge in [0.2, 0.25) is 17.7 Å². The minimum Gasteiger partial charge on any atom is -0.350 e. The molecule has 3 rings (SSSR count). The van der Waals surface area contributed by atoms with Crippen molar-refractivity contribution in [1.29, 1.82) is 0 Å². The van der Waals surface area contributed by atoms with E-state index >= 15 is 0 Å². The zero-order chi connectivity index (χ0) is 20.6. The Morgan fingerprint density at radius 3 is 2.62 bits per heavy atom. The molecule has 1 aliphatic heterocycles. The number of amides is 3. The van der Waals surface area contributed by atoms with E-state index < -0.39 is 0 Å². The standard InChI is InChI=1S/C21H26N4O3S/c1-2-24(14-19(26)22-13-16-7-6-12-29-16)15-20(27)23-17-8-3-4-9-18(17)25-11-5-10-21(25)28/h3-4,6-9,12H,2,5,10-11,13-15H2,1H3,(H,22,26)(H,23,27). The number of benzene rings is 1. The topological polar surface area (TPSA) is 81.8 Å². The van der Waals surface area contributed by atoms with E-state index in [9.17, 15) is 14.4 Å². The van der Waals surface area contributed by atoms with Crippen LogP contribution in [0.4, 0.5) is 11.4 Å². The van der Waals surface area contributed by atoms with Crippen LogP contribution in [0, 0.1) is 0 Å². The third-order valence-electron chi connectivity index (χ3n) is 4.76. The van der Waals surface area contributed by atoms with Gasteiger partial charge in [0, 0.05) is 17.8 Å². The fourth-order valence-corrected chi connectivity index (χ4v) is 3.89. The highest BCUT2D eigenvalue weighted by atomic mass is 32.1. The van der Waals surface area contributed by atoms with Gasteiger partial charge in [0.15, 0.2) is 0 Å². The van der Waals surface area contributed by atoms with E-state index in [0.717, 1.165) is 17.0 Å². The van der Waals surface area contributed by atoms with Gasteiger partial charge in [-0.15, -0.1) is 11.3 Å². The summed E-state index contributed by atoms with van der Waals surface area (Å²) in [6.07, 6.45) is 1.36. The van der Waals surface area contributed by atoms with Crippen molar-refractivity contribution in [2.75, 3.05) is 36.4 Å². The van der Waals surface area contributed by atoms with Crippen molar-refractivity contribution in [2.24, 2.45) is 0 Å². The first-order valence-corrected chi connectivity index (χ1v) is 10.7. The molecule has 0 spiro atoms. The lowest BCUT2D eigenvalue weighted by molar-refractivity contribution is -0.123. The van der Waals surface area contributed by atoms with Gasteiger partial charge in [-0.25, -0.2) is 0 Å². The second-order valence-corrected chi connectivity index (χ2v) is 7.91. The molecule has 0 saturated carbocycles. The predicted octanol–water partition coefficient (Wildman–Crippen LogP) is 2.45. The molecule has 0 aliphatic carbocycles. The molecule has 1 aliphatic rings. The van der Waals surface area contributed by atoms with E-state index in [1.165, 1.54) is 0 Å². The van der Waals surface area contributed by atoms with E-state index in [-0.39, 0.29) is 30.8 Å². The molecule has 1 saturated heterocycles. The van der Waals surface area contributed by atoms with Crippen molar-refractivity contribution < 1.29 is 14.4 Å². The Bertz CT molecular complexity index is 853. The van der Waals surface area contributed by atoms with Crippen LogP contribution < -0.4 is 15.5 Å². The van der Waals surface area contributed by atoms with Gasteiger partial charge in [0.1, 0.15) is 0 Å². The molecule has 2 heterocycles. The number of hydrogen-bond acceptors (Lipinski definition) is 5. The van der Waals surface area contributed by atoms with Crippen molar-refractivity contribution in [1.82, 2.24) is 10.2 Å². The predicted molar refractivity (Wildman–Crippen MR) is 115 cm³/mol. The monoisotopic (exact) mass is 414 g/mol. The van der Waals surface area contributed by atoms with Crippen LogP contribution in [0.1, 0.15) is 24.6 Å². The van der Waals surface area contributed by atoms with Gasteiger partial charge in [-0.05, 0) is 36.5 Å². The molecular formula is C21H26N4O3S. The number of carbonyl (C=O) groups is 3. The Morgan fingerprint density at radius 2 is 1.93 bits per heavy atom. The summed E-state index contributed by atoms with van der Waals surface area (Å²) in [5, 5.41) is 7.74. The first kappa shape index (κ1) is 21.0. The van der Waals surface area contributed by atoms with Crippen molar-refractivity contribution in [2.45, 2.75) is 26.3 Å². The summed E-state index contributed by atoms with van der Waals surface area (Å²) < 4.78 is 0. The Balaban J connectivity index is 1.53. The second-order valence-electron chi connectivity index (χ2n) is 6.87. The van der Waals surface area contributed by atoms with Gasteiger partial charge >= 0.3 is 0 Å². The number of rotatable bonds is 9. The van der Waals surface area contributed by atoms with Gasteiger partial charge in [-0.2, -0.15) is 0 Å². The molecule has 0 bridgehead atoms. The van der Waals surface area contributed by atoms with Gasteiger partial charge in [0.25, 0.3) is 0 Å². The Labute approximate surface area is 174 Å². The minimum absolute atomic E-state index is 0.0734. The summed E-state index contributed by atoms with van der Waals surface area (Å²) in [6, 6.07) is 11.2.